The lowest BCUT2D eigenvalue weighted by Crippen LogP contribution is -2.44. The molecule has 7 nitrogen and oxygen atoms in total. The van der Waals surface area contributed by atoms with Crippen molar-refractivity contribution in [2.75, 3.05) is 32.6 Å². The smallest absolute Gasteiger partial charge is 0.228 e. The summed E-state index contributed by atoms with van der Waals surface area (Å²) in [6, 6.07) is 9.94. The molecule has 0 spiro atoms. The standard InChI is InChI=1S/C21H24Cl2N2O5S/c1-29-15-8-9-19(20(11-15)30-2)24-21(26)14-5-4-10-25(12-14)31(27,28)13-16-17(22)6-3-7-18(16)23/h3,6-9,11,14H,4-5,10,12-13H2,1-2H3,(H,24,26)/t14-/m0/s1. The van der Waals surface area contributed by atoms with Crippen LogP contribution < -0.4 is 14.8 Å². The van der Waals surface area contributed by atoms with Crippen molar-refractivity contribution in [2.24, 2.45) is 5.92 Å². The topological polar surface area (TPSA) is 84.9 Å². The van der Waals surface area contributed by atoms with Crippen LogP contribution in [0.4, 0.5) is 5.69 Å². The van der Waals surface area contributed by atoms with E-state index in [4.69, 9.17) is 32.7 Å². The molecule has 1 amide bonds. The lowest BCUT2D eigenvalue weighted by Gasteiger charge is -2.31. The summed E-state index contributed by atoms with van der Waals surface area (Å²) in [5.41, 5.74) is 0.858. The number of ether oxygens (including phenoxy) is 2. The van der Waals surface area contributed by atoms with Crippen molar-refractivity contribution in [3.63, 3.8) is 0 Å². The second-order valence-corrected chi connectivity index (χ2v) is 9.99. The molecule has 1 aliphatic heterocycles. The number of amides is 1. The second-order valence-electron chi connectivity index (χ2n) is 7.21. The van der Waals surface area contributed by atoms with Gasteiger partial charge in [0, 0.05) is 34.8 Å². The Balaban J connectivity index is 1.72. The Labute approximate surface area is 192 Å². The van der Waals surface area contributed by atoms with E-state index < -0.39 is 15.9 Å². The Hall–Kier alpha value is -2.00. The average Bonchev–Trinajstić information content (AvgIpc) is 2.76. The molecule has 168 valence electrons. The summed E-state index contributed by atoms with van der Waals surface area (Å²) in [4.78, 5) is 12.9. The SMILES string of the molecule is COc1ccc(NC(=O)[C@H]2CCCN(S(=O)(=O)Cc3c(Cl)cccc3Cl)C2)c(OC)c1. The van der Waals surface area contributed by atoms with Crippen LogP contribution in [0.1, 0.15) is 18.4 Å². The van der Waals surface area contributed by atoms with Crippen LogP contribution >= 0.6 is 23.2 Å². The number of carbonyl (C=O) groups is 1. The molecule has 0 aliphatic carbocycles. The van der Waals surface area contributed by atoms with Gasteiger partial charge in [-0.3, -0.25) is 4.79 Å². The maximum absolute atomic E-state index is 13.0. The Morgan fingerprint density at radius 2 is 1.87 bits per heavy atom. The third kappa shape index (κ3) is 5.63. The molecule has 1 saturated heterocycles. The highest BCUT2D eigenvalue weighted by molar-refractivity contribution is 7.88. The number of rotatable bonds is 7. The quantitative estimate of drug-likeness (QED) is 0.633. The van der Waals surface area contributed by atoms with Gasteiger partial charge >= 0.3 is 0 Å². The fourth-order valence-corrected chi connectivity index (χ4v) is 5.85. The van der Waals surface area contributed by atoms with Crippen LogP contribution in [-0.4, -0.2) is 45.9 Å². The van der Waals surface area contributed by atoms with Crippen LogP contribution in [0, 0.1) is 5.92 Å². The molecule has 1 N–H and O–H groups in total. The molecule has 3 rings (SSSR count). The first-order chi connectivity index (χ1) is 14.7. The Kier molecular flexibility index (Phi) is 7.69. The lowest BCUT2D eigenvalue weighted by molar-refractivity contribution is -0.120. The molecule has 2 aromatic rings. The summed E-state index contributed by atoms with van der Waals surface area (Å²) in [7, 11) is -0.659. The molecular formula is C21H24Cl2N2O5S. The number of methoxy groups -OCH3 is 2. The molecule has 31 heavy (non-hydrogen) atoms. The molecule has 0 aromatic heterocycles. The van der Waals surface area contributed by atoms with Crippen LogP contribution in [0.2, 0.25) is 10.0 Å². The minimum absolute atomic E-state index is 0.0920. The van der Waals surface area contributed by atoms with Crippen molar-refractivity contribution in [3.8, 4) is 11.5 Å². The first-order valence-corrected chi connectivity index (χ1v) is 12.0. The summed E-state index contributed by atoms with van der Waals surface area (Å²) in [5.74, 6) is -0.00727. The summed E-state index contributed by atoms with van der Waals surface area (Å²) in [6.45, 7) is 0.439. The molecule has 0 saturated carbocycles. The van der Waals surface area contributed by atoms with Crippen molar-refractivity contribution >= 4 is 44.8 Å². The zero-order valence-electron chi connectivity index (χ0n) is 17.2. The molecule has 1 heterocycles. The highest BCUT2D eigenvalue weighted by Gasteiger charge is 2.33. The Bertz CT molecular complexity index is 1040. The fourth-order valence-electron chi connectivity index (χ4n) is 3.49. The van der Waals surface area contributed by atoms with Crippen LogP contribution in [0.15, 0.2) is 36.4 Å². The minimum Gasteiger partial charge on any atom is -0.497 e. The van der Waals surface area contributed by atoms with Crippen molar-refractivity contribution in [2.45, 2.75) is 18.6 Å². The van der Waals surface area contributed by atoms with Crippen LogP contribution in [-0.2, 0) is 20.6 Å². The number of anilines is 1. The number of halogens is 2. The number of nitrogens with one attached hydrogen (secondary N) is 1. The molecule has 0 bridgehead atoms. The van der Waals surface area contributed by atoms with Crippen molar-refractivity contribution in [1.29, 1.82) is 0 Å². The van der Waals surface area contributed by atoms with Gasteiger partial charge in [-0.1, -0.05) is 29.3 Å². The van der Waals surface area contributed by atoms with Gasteiger partial charge < -0.3 is 14.8 Å². The summed E-state index contributed by atoms with van der Waals surface area (Å²) >= 11 is 12.3. The zero-order valence-corrected chi connectivity index (χ0v) is 19.6. The van der Waals surface area contributed by atoms with Gasteiger partial charge in [0.1, 0.15) is 11.5 Å². The van der Waals surface area contributed by atoms with Gasteiger partial charge in [-0.05, 0) is 37.1 Å². The number of piperidine rings is 1. The number of nitrogens with zero attached hydrogens (tertiary/aromatic N) is 1. The van der Waals surface area contributed by atoms with Crippen molar-refractivity contribution < 1.29 is 22.7 Å². The molecule has 0 unspecified atom stereocenters. The highest BCUT2D eigenvalue weighted by Crippen LogP contribution is 2.31. The van der Waals surface area contributed by atoms with E-state index in [2.05, 4.69) is 5.32 Å². The monoisotopic (exact) mass is 486 g/mol. The number of benzene rings is 2. The van der Waals surface area contributed by atoms with E-state index in [9.17, 15) is 13.2 Å². The van der Waals surface area contributed by atoms with E-state index in [1.54, 1.807) is 43.5 Å². The molecule has 1 aliphatic rings. The van der Waals surface area contributed by atoms with Crippen LogP contribution in [0.25, 0.3) is 0 Å². The molecule has 2 aromatic carbocycles. The van der Waals surface area contributed by atoms with Crippen molar-refractivity contribution in [1.82, 2.24) is 4.31 Å². The van der Waals surface area contributed by atoms with Gasteiger partial charge in [-0.15, -0.1) is 0 Å². The fraction of sp³-hybridized carbons (Fsp3) is 0.381. The molecular weight excluding hydrogens is 463 g/mol. The lowest BCUT2D eigenvalue weighted by atomic mass is 9.98. The average molecular weight is 487 g/mol. The summed E-state index contributed by atoms with van der Waals surface area (Å²) in [6.07, 6.45) is 1.16. The van der Waals surface area contributed by atoms with Gasteiger partial charge in [0.25, 0.3) is 0 Å². The normalized spacial score (nSPS) is 17.2. The van der Waals surface area contributed by atoms with Gasteiger partial charge in [-0.2, -0.15) is 0 Å². The van der Waals surface area contributed by atoms with Gasteiger partial charge in [0.05, 0.1) is 31.6 Å². The van der Waals surface area contributed by atoms with E-state index in [0.29, 0.717) is 52.2 Å². The van der Waals surface area contributed by atoms with E-state index in [0.717, 1.165) is 0 Å². The molecule has 10 heteroatoms. The first kappa shape index (κ1) is 23.7. The number of hydrogen-bond acceptors (Lipinski definition) is 5. The number of carbonyl (C=O) groups excluding carboxylic acids is 1. The highest BCUT2D eigenvalue weighted by atomic mass is 35.5. The van der Waals surface area contributed by atoms with E-state index in [1.165, 1.54) is 11.4 Å². The largest absolute Gasteiger partial charge is 0.497 e. The van der Waals surface area contributed by atoms with Crippen LogP contribution in [0.3, 0.4) is 0 Å². The predicted octanol–water partition coefficient (Wildman–Crippen LogP) is 4.19. The Morgan fingerprint density at radius 1 is 1.16 bits per heavy atom. The van der Waals surface area contributed by atoms with Crippen LogP contribution in [0.5, 0.6) is 11.5 Å². The minimum atomic E-state index is -3.70. The maximum atomic E-state index is 13.0. The molecule has 0 radical (unpaired) electrons. The van der Waals surface area contributed by atoms with Gasteiger partial charge in [0.2, 0.25) is 15.9 Å². The van der Waals surface area contributed by atoms with Crippen molar-refractivity contribution in [3.05, 3.63) is 52.0 Å². The van der Waals surface area contributed by atoms with E-state index in [1.807, 2.05) is 0 Å². The third-order valence-corrected chi connectivity index (χ3v) is 7.68. The van der Waals surface area contributed by atoms with Gasteiger partial charge in [0.15, 0.2) is 0 Å². The first-order valence-electron chi connectivity index (χ1n) is 9.68. The van der Waals surface area contributed by atoms with E-state index in [-0.39, 0.29) is 18.2 Å². The summed E-state index contributed by atoms with van der Waals surface area (Å²) < 4.78 is 37.8. The Morgan fingerprint density at radius 3 is 2.52 bits per heavy atom. The predicted molar refractivity (Wildman–Crippen MR) is 122 cm³/mol. The summed E-state index contributed by atoms with van der Waals surface area (Å²) in [5, 5.41) is 3.44. The number of hydrogen-bond donors (Lipinski definition) is 1. The maximum Gasteiger partial charge on any atom is 0.228 e. The van der Waals surface area contributed by atoms with E-state index >= 15 is 0 Å². The molecule has 1 atom stereocenters. The third-order valence-electron chi connectivity index (χ3n) is 5.20. The second kappa shape index (κ2) is 10.1. The number of sulfonamides is 1. The zero-order chi connectivity index (χ0) is 22.6. The molecule has 1 fully saturated rings. The van der Waals surface area contributed by atoms with Gasteiger partial charge in [-0.25, -0.2) is 12.7 Å².